The molecule has 1 aromatic heterocycles. The van der Waals surface area contributed by atoms with Gasteiger partial charge in [-0.1, -0.05) is 65.6 Å². The van der Waals surface area contributed by atoms with Gasteiger partial charge in [-0.15, -0.1) is 10.2 Å². The van der Waals surface area contributed by atoms with Crippen LogP contribution >= 0.6 is 23.2 Å². The van der Waals surface area contributed by atoms with Crippen molar-refractivity contribution in [3.63, 3.8) is 0 Å². The maximum Gasteiger partial charge on any atom is 0.217 e. The standard InChI is InChI=1S/C14H13Cl2N3O/c1-3-9(2)19-20-13-11(15)12(17-18-14(13)16)10-7-5-4-6-8-10/h4-8H,3H2,1-2H3. The van der Waals surface area contributed by atoms with E-state index in [4.69, 9.17) is 28.0 Å². The van der Waals surface area contributed by atoms with E-state index in [1.807, 2.05) is 44.2 Å². The topological polar surface area (TPSA) is 47.4 Å². The highest BCUT2D eigenvalue weighted by Gasteiger charge is 2.17. The predicted octanol–water partition coefficient (Wildman–Crippen LogP) is 4.62. The Morgan fingerprint density at radius 3 is 2.55 bits per heavy atom. The van der Waals surface area contributed by atoms with Crippen molar-refractivity contribution in [1.82, 2.24) is 10.2 Å². The zero-order valence-electron chi connectivity index (χ0n) is 11.1. The zero-order valence-corrected chi connectivity index (χ0v) is 12.6. The van der Waals surface area contributed by atoms with Crippen molar-refractivity contribution in [2.75, 3.05) is 0 Å². The Bertz CT molecular complexity index is 630. The summed E-state index contributed by atoms with van der Waals surface area (Å²) in [6.45, 7) is 3.83. The van der Waals surface area contributed by atoms with Gasteiger partial charge in [0, 0.05) is 5.56 Å². The van der Waals surface area contributed by atoms with Crippen molar-refractivity contribution >= 4 is 28.9 Å². The fourth-order valence-electron chi connectivity index (χ4n) is 1.43. The summed E-state index contributed by atoms with van der Waals surface area (Å²) in [5.41, 5.74) is 2.17. The van der Waals surface area contributed by atoms with Gasteiger partial charge in [0.25, 0.3) is 0 Å². The lowest BCUT2D eigenvalue weighted by Crippen LogP contribution is -1.98. The van der Waals surface area contributed by atoms with Crippen LogP contribution in [0.3, 0.4) is 0 Å². The Morgan fingerprint density at radius 2 is 1.90 bits per heavy atom. The van der Waals surface area contributed by atoms with E-state index in [0.717, 1.165) is 17.7 Å². The van der Waals surface area contributed by atoms with Gasteiger partial charge in [0.1, 0.15) is 10.7 Å². The van der Waals surface area contributed by atoms with Crippen LogP contribution in [0.2, 0.25) is 10.2 Å². The van der Waals surface area contributed by atoms with Crippen LogP contribution < -0.4 is 4.84 Å². The van der Waals surface area contributed by atoms with E-state index >= 15 is 0 Å². The number of hydrogen-bond acceptors (Lipinski definition) is 4. The maximum absolute atomic E-state index is 6.29. The molecule has 0 aliphatic carbocycles. The first-order valence-electron chi connectivity index (χ1n) is 6.11. The van der Waals surface area contributed by atoms with Crippen molar-refractivity contribution in [3.8, 4) is 17.0 Å². The van der Waals surface area contributed by atoms with Crippen molar-refractivity contribution in [1.29, 1.82) is 0 Å². The molecule has 0 unspecified atom stereocenters. The first kappa shape index (κ1) is 14.8. The Morgan fingerprint density at radius 1 is 1.20 bits per heavy atom. The molecule has 0 atom stereocenters. The van der Waals surface area contributed by atoms with Gasteiger partial charge in [0.15, 0.2) is 5.15 Å². The molecule has 0 spiro atoms. The van der Waals surface area contributed by atoms with Crippen LogP contribution in [0.15, 0.2) is 35.5 Å². The third-order valence-corrected chi connectivity index (χ3v) is 3.28. The van der Waals surface area contributed by atoms with Crippen LogP contribution in [0.5, 0.6) is 5.75 Å². The third-order valence-electron chi connectivity index (χ3n) is 2.68. The highest BCUT2D eigenvalue weighted by molar-refractivity contribution is 6.38. The van der Waals surface area contributed by atoms with E-state index in [1.54, 1.807) is 0 Å². The molecule has 1 aromatic carbocycles. The summed E-state index contributed by atoms with van der Waals surface area (Å²) in [7, 11) is 0. The average molecular weight is 310 g/mol. The average Bonchev–Trinajstić information content (AvgIpc) is 2.47. The summed E-state index contributed by atoms with van der Waals surface area (Å²) < 4.78 is 0. The lowest BCUT2D eigenvalue weighted by Gasteiger charge is -2.08. The number of hydrogen-bond donors (Lipinski definition) is 0. The molecule has 6 heteroatoms. The normalized spacial score (nSPS) is 11.5. The van der Waals surface area contributed by atoms with Crippen molar-refractivity contribution in [2.45, 2.75) is 20.3 Å². The van der Waals surface area contributed by atoms with Crippen LogP contribution in [-0.4, -0.2) is 15.9 Å². The number of rotatable bonds is 4. The Hall–Kier alpha value is -1.65. The number of oxime groups is 1. The van der Waals surface area contributed by atoms with E-state index in [-0.39, 0.29) is 10.9 Å². The molecule has 0 aliphatic rings. The molecule has 20 heavy (non-hydrogen) atoms. The highest BCUT2D eigenvalue weighted by atomic mass is 35.5. The minimum atomic E-state index is 0.0855. The molecule has 0 aliphatic heterocycles. The molecule has 0 bridgehead atoms. The molecule has 4 nitrogen and oxygen atoms in total. The minimum absolute atomic E-state index is 0.0855. The number of benzene rings is 1. The summed E-state index contributed by atoms with van der Waals surface area (Å²) in [4.78, 5) is 5.30. The van der Waals surface area contributed by atoms with Crippen LogP contribution in [0.1, 0.15) is 20.3 Å². The second kappa shape index (κ2) is 6.68. The summed E-state index contributed by atoms with van der Waals surface area (Å²) in [5.74, 6) is 0.218. The third kappa shape index (κ3) is 3.26. The first-order chi connectivity index (χ1) is 9.63. The predicted molar refractivity (Wildman–Crippen MR) is 81.5 cm³/mol. The van der Waals surface area contributed by atoms with E-state index in [0.29, 0.717) is 10.7 Å². The van der Waals surface area contributed by atoms with Crippen molar-refractivity contribution in [2.24, 2.45) is 5.16 Å². The maximum atomic E-state index is 6.29. The van der Waals surface area contributed by atoms with Gasteiger partial charge in [-0.25, -0.2) is 0 Å². The van der Waals surface area contributed by atoms with E-state index in [1.165, 1.54) is 0 Å². The van der Waals surface area contributed by atoms with Gasteiger partial charge >= 0.3 is 0 Å². The van der Waals surface area contributed by atoms with Gasteiger partial charge in [-0.2, -0.15) is 0 Å². The van der Waals surface area contributed by atoms with E-state index in [2.05, 4.69) is 15.4 Å². The fraction of sp³-hybridized carbons (Fsp3) is 0.214. The largest absolute Gasteiger partial charge is 0.352 e. The molecular weight excluding hydrogens is 297 g/mol. The van der Waals surface area contributed by atoms with Crippen LogP contribution in [-0.2, 0) is 0 Å². The fourth-order valence-corrected chi connectivity index (χ4v) is 1.91. The number of halogens is 2. The van der Waals surface area contributed by atoms with E-state index < -0.39 is 0 Å². The van der Waals surface area contributed by atoms with Crippen LogP contribution in [0, 0.1) is 0 Å². The molecule has 0 amide bonds. The van der Waals surface area contributed by atoms with Crippen LogP contribution in [0.25, 0.3) is 11.3 Å². The Balaban J connectivity index is 2.43. The number of nitrogens with zero attached hydrogens (tertiary/aromatic N) is 3. The summed E-state index contributed by atoms with van der Waals surface area (Å²) in [6, 6.07) is 9.46. The van der Waals surface area contributed by atoms with Crippen molar-refractivity contribution in [3.05, 3.63) is 40.5 Å². The monoisotopic (exact) mass is 309 g/mol. The molecule has 0 saturated carbocycles. The lowest BCUT2D eigenvalue weighted by molar-refractivity contribution is 0.338. The zero-order chi connectivity index (χ0) is 14.5. The summed E-state index contributed by atoms with van der Waals surface area (Å²) in [5, 5.41) is 12.2. The molecule has 0 N–H and O–H groups in total. The molecule has 1 heterocycles. The summed E-state index contributed by atoms with van der Waals surface area (Å²) >= 11 is 12.3. The van der Waals surface area contributed by atoms with Gasteiger partial charge in [0.2, 0.25) is 5.75 Å². The lowest BCUT2D eigenvalue weighted by atomic mass is 10.1. The molecule has 0 saturated heterocycles. The Kier molecular flexibility index (Phi) is 4.93. The quantitative estimate of drug-likeness (QED) is 0.612. The molecule has 104 valence electrons. The van der Waals surface area contributed by atoms with Gasteiger partial charge in [0.05, 0.1) is 5.71 Å². The highest BCUT2D eigenvalue weighted by Crippen LogP contribution is 2.37. The molecule has 0 fully saturated rings. The van der Waals surface area contributed by atoms with Crippen LogP contribution in [0.4, 0.5) is 0 Å². The SMILES string of the molecule is CCC(C)=NOc1c(Cl)nnc(-c2ccccc2)c1Cl. The Labute approximate surface area is 127 Å². The first-order valence-corrected chi connectivity index (χ1v) is 6.86. The summed E-state index contributed by atoms with van der Waals surface area (Å²) in [6.07, 6.45) is 0.777. The molecule has 2 rings (SSSR count). The second-order valence-corrected chi connectivity index (χ2v) is 4.86. The van der Waals surface area contributed by atoms with Gasteiger partial charge in [-0.05, 0) is 13.3 Å². The molecule has 0 radical (unpaired) electrons. The van der Waals surface area contributed by atoms with Crippen molar-refractivity contribution < 1.29 is 4.84 Å². The van der Waals surface area contributed by atoms with Gasteiger partial charge in [-0.3, -0.25) is 0 Å². The van der Waals surface area contributed by atoms with E-state index in [9.17, 15) is 0 Å². The minimum Gasteiger partial charge on any atom is -0.352 e. The van der Waals surface area contributed by atoms with Gasteiger partial charge < -0.3 is 4.84 Å². The smallest absolute Gasteiger partial charge is 0.217 e. The second-order valence-electron chi connectivity index (χ2n) is 4.12. The molecular formula is C14H13Cl2N3O. The number of aromatic nitrogens is 2. The molecule has 2 aromatic rings.